The predicted octanol–water partition coefficient (Wildman–Crippen LogP) is 1.80. The summed E-state index contributed by atoms with van der Waals surface area (Å²) < 4.78 is 10.9. The number of methoxy groups -OCH3 is 1. The Morgan fingerprint density at radius 3 is 2.77 bits per heavy atom. The van der Waals surface area contributed by atoms with Gasteiger partial charge in [0, 0.05) is 13.1 Å². The van der Waals surface area contributed by atoms with Gasteiger partial charge in [0.05, 0.1) is 13.7 Å². The number of benzene rings is 1. The Bertz CT molecular complexity index is 485. The van der Waals surface area contributed by atoms with E-state index in [1.165, 1.54) is 0 Å². The van der Waals surface area contributed by atoms with Crippen LogP contribution in [0.5, 0.6) is 5.75 Å². The van der Waals surface area contributed by atoms with E-state index < -0.39 is 6.10 Å². The molecule has 1 aliphatic rings. The molecule has 5 heteroatoms. The minimum absolute atomic E-state index is 0.0679. The minimum Gasteiger partial charge on any atom is -0.497 e. The molecule has 2 N–H and O–H groups in total. The van der Waals surface area contributed by atoms with Crippen molar-refractivity contribution >= 4 is 5.91 Å². The van der Waals surface area contributed by atoms with Crippen LogP contribution in [0.4, 0.5) is 0 Å². The Morgan fingerprint density at radius 2 is 2.14 bits per heavy atom. The molecule has 1 heterocycles. The van der Waals surface area contributed by atoms with Crippen LogP contribution in [0, 0.1) is 5.92 Å². The largest absolute Gasteiger partial charge is 0.497 e. The molecule has 22 heavy (non-hydrogen) atoms. The number of piperidine rings is 1. The first-order chi connectivity index (χ1) is 10.6. The fourth-order valence-corrected chi connectivity index (χ4v) is 2.70. The van der Waals surface area contributed by atoms with Crippen LogP contribution in [0.2, 0.25) is 0 Å². The third kappa shape index (κ3) is 4.45. The maximum atomic E-state index is 12.4. The maximum absolute atomic E-state index is 12.4. The van der Waals surface area contributed by atoms with Gasteiger partial charge in [-0.1, -0.05) is 12.1 Å². The van der Waals surface area contributed by atoms with E-state index in [-0.39, 0.29) is 5.91 Å². The topological polar surface area (TPSA) is 64.8 Å². The number of likely N-dealkylation sites (tertiary alicyclic amines) is 1. The lowest BCUT2D eigenvalue weighted by atomic mass is 9.97. The normalized spacial score (nSPS) is 17.3. The van der Waals surface area contributed by atoms with Gasteiger partial charge in [-0.2, -0.15) is 0 Å². The van der Waals surface area contributed by atoms with Crippen molar-refractivity contribution in [3.8, 4) is 5.75 Å². The van der Waals surface area contributed by atoms with Crippen LogP contribution in [0.1, 0.15) is 25.3 Å². The third-order valence-corrected chi connectivity index (χ3v) is 4.24. The van der Waals surface area contributed by atoms with Gasteiger partial charge < -0.3 is 20.1 Å². The number of hydrogen-bond donors (Lipinski definition) is 1. The van der Waals surface area contributed by atoms with E-state index in [0.29, 0.717) is 19.1 Å². The lowest BCUT2D eigenvalue weighted by Crippen LogP contribution is -2.44. The van der Waals surface area contributed by atoms with Crippen molar-refractivity contribution in [2.75, 3.05) is 26.7 Å². The van der Waals surface area contributed by atoms with Gasteiger partial charge in [-0.3, -0.25) is 4.79 Å². The van der Waals surface area contributed by atoms with E-state index in [2.05, 4.69) is 0 Å². The fraction of sp³-hybridized carbons (Fsp3) is 0.588. The summed E-state index contributed by atoms with van der Waals surface area (Å²) in [7, 11) is 1.64. The van der Waals surface area contributed by atoms with Crippen molar-refractivity contribution in [1.82, 2.24) is 4.90 Å². The zero-order chi connectivity index (χ0) is 15.9. The Morgan fingerprint density at radius 1 is 1.41 bits per heavy atom. The number of nitrogens with two attached hydrogens (primary N) is 1. The van der Waals surface area contributed by atoms with E-state index in [1.54, 1.807) is 7.11 Å². The molecule has 0 saturated carbocycles. The van der Waals surface area contributed by atoms with E-state index in [0.717, 1.165) is 37.2 Å². The van der Waals surface area contributed by atoms with Crippen molar-refractivity contribution in [2.24, 2.45) is 11.7 Å². The van der Waals surface area contributed by atoms with Crippen LogP contribution in [-0.2, 0) is 16.1 Å². The molecule has 1 aliphatic heterocycles. The quantitative estimate of drug-likeness (QED) is 0.870. The van der Waals surface area contributed by atoms with Gasteiger partial charge in [-0.05, 0) is 49.9 Å². The summed E-state index contributed by atoms with van der Waals surface area (Å²) in [5, 5.41) is 0. The molecule has 1 aromatic rings. The van der Waals surface area contributed by atoms with Gasteiger partial charge in [0.25, 0.3) is 5.91 Å². The summed E-state index contributed by atoms with van der Waals surface area (Å²) in [6.45, 7) is 4.51. The monoisotopic (exact) mass is 306 g/mol. The summed E-state index contributed by atoms with van der Waals surface area (Å²) in [6, 6.07) is 7.69. The molecular formula is C17H26N2O3. The molecule has 1 amide bonds. The Hall–Kier alpha value is -1.59. The highest BCUT2D eigenvalue weighted by Gasteiger charge is 2.25. The lowest BCUT2D eigenvalue weighted by molar-refractivity contribution is -0.144. The molecule has 5 nitrogen and oxygen atoms in total. The van der Waals surface area contributed by atoms with E-state index >= 15 is 0 Å². The van der Waals surface area contributed by atoms with E-state index in [1.807, 2.05) is 36.1 Å². The minimum atomic E-state index is -0.430. The maximum Gasteiger partial charge on any atom is 0.251 e. The fourth-order valence-electron chi connectivity index (χ4n) is 2.70. The summed E-state index contributed by atoms with van der Waals surface area (Å²) in [4.78, 5) is 14.3. The molecule has 1 saturated heterocycles. The number of hydrogen-bond acceptors (Lipinski definition) is 4. The van der Waals surface area contributed by atoms with Gasteiger partial charge in [0.1, 0.15) is 11.9 Å². The molecule has 0 spiro atoms. The predicted molar refractivity (Wildman–Crippen MR) is 85.6 cm³/mol. The number of carbonyl (C=O) groups excluding carboxylic acids is 1. The molecule has 0 bridgehead atoms. The van der Waals surface area contributed by atoms with Crippen molar-refractivity contribution < 1.29 is 14.3 Å². The second-order valence-electron chi connectivity index (χ2n) is 5.81. The Kier molecular flexibility index (Phi) is 6.21. The van der Waals surface area contributed by atoms with Crippen LogP contribution in [0.15, 0.2) is 24.3 Å². The molecular weight excluding hydrogens is 280 g/mol. The van der Waals surface area contributed by atoms with Crippen LogP contribution < -0.4 is 10.5 Å². The smallest absolute Gasteiger partial charge is 0.251 e. The summed E-state index contributed by atoms with van der Waals surface area (Å²) in [6.07, 6.45) is 1.55. The van der Waals surface area contributed by atoms with Crippen LogP contribution in [0.3, 0.4) is 0 Å². The van der Waals surface area contributed by atoms with Gasteiger partial charge in [-0.25, -0.2) is 0 Å². The SMILES string of the molecule is COc1cccc(COC(C)C(=O)N2CCC(CN)CC2)c1. The van der Waals surface area contributed by atoms with Crippen molar-refractivity contribution in [2.45, 2.75) is 32.5 Å². The highest BCUT2D eigenvalue weighted by atomic mass is 16.5. The Balaban J connectivity index is 1.81. The highest BCUT2D eigenvalue weighted by molar-refractivity contribution is 5.80. The molecule has 1 atom stereocenters. The molecule has 1 unspecified atom stereocenters. The van der Waals surface area contributed by atoms with Crippen LogP contribution >= 0.6 is 0 Å². The molecule has 1 aromatic carbocycles. The first-order valence-corrected chi connectivity index (χ1v) is 7.87. The second kappa shape index (κ2) is 8.15. The molecule has 0 aromatic heterocycles. The van der Waals surface area contributed by atoms with Crippen molar-refractivity contribution in [3.05, 3.63) is 29.8 Å². The third-order valence-electron chi connectivity index (χ3n) is 4.24. The zero-order valence-corrected chi connectivity index (χ0v) is 13.5. The molecule has 1 fully saturated rings. The van der Waals surface area contributed by atoms with Gasteiger partial charge >= 0.3 is 0 Å². The van der Waals surface area contributed by atoms with Crippen LogP contribution in [0.25, 0.3) is 0 Å². The molecule has 0 aliphatic carbocycles. The summed E-state index contributed by atoms with van der Waals surface area (Å²) in [5.74, 6) is 1.42. The molecule has 122 valence electrons. The second-order valence-corrected chi connectivity index (χ2v) is 5.81. The van der Waals surface area contributed by atoms with Crippen molar-refractivity contribution in [1.29, 1.82) is 0 Å². The first kappa shape index (κ1) is 16.8. The van der Waals surface area contributed by atoms with Gasteiger partial charge in [0.15, 0.2) is 0 Å². The Labute approximate surface area is 132 Å². The molecule has 2 rings (SSSR count). The number of rotatable bonds is 6. The zero-order valence-electron chi connectivity index (χ0n) is 13.5. The highest BCUT2D eigenvalue weighted by Crippen LogP contribution is 2.18. The molecule has 0 radical (unpaired) electrons. The van der Waals surface area contributed by atoms with Crippen molar-refractivity contribution in [3.63, 3.8) is 0 Å². The number of amides is 1. The summed E-state index contributed by atoms with van der Waals surface area (Å²) in [5.41, 5.74) is 6.68. The number of carbonyl (C=O) groups is 1. The van der Waals surface area contributed by atoms with E-state index in [9.17, 15) is 4.79 Å². The van der Waals surface area contributed by atoms with Crippen LogP contribution in [-0.4, -0.2) is 43.7 Å². The van der Waals surface area contributed by atoms with Gasteiger partial charge in [-0.15, -0.1) is 0 Å². The number of nitrogens with zero attached hydrogens (tertiary/aromatic N) is 1. The standard InChI is InChI=1S/C17H26N2O3/c1-13(17(20)19-8-6-14(11-18)7-9-19)22-12-15-4-3-5-16(10-15)21-2/h3-5,10,13-14H,6-9,11-12,18H2,1-2H3. The average Bonchev–Trinajstić information content (AvgIpc) is 2.59. The lowest BCUT2D eigenvalue weighted by Gasteiger charge is -2.33. The number of ether oxygens (including phenoxy) is 2. The average molecular weight is 306 g/mol. The van der Waals surface area contributed by atoms with Gasteiger partial charge in [0.2, 0.25) is 0 Å². The first-order valence-electron chi connectivity index (χ1n) is 7.87. The van der Waals surface area contributed by atoms with E-state index in [4.69, 9.17) is 15.2 Å². The summed E-state index contributed by atoms with van der Waals surface area (Å²) >= 11 is 0.